The van der Waals surface area contributed by atoms with Crippen molar-refractivity contribution < 1.29 is 19.1 Å². The van der Waals surface area contributed by atoms with Gasteiger partial charge in [0.1, 0.15) is 6.54 Å². The normalized spacial score (nSPS) is 14.6. The number of likely N-dealkylation sites (tertiary alicyclic amines) is 1. The molecule has 29 heavy (non-hydrogen) atoms. The molecule has 0 radical (unpaired) electrons. The fourth-order valence-corrected chi connectivity index (χ4v) is 3.75. The number of ketones is 1. The quantitative estimate of drug-likeness (QED) is 0.420. The molecule has 0 atom stereocenters. The third kappa shape index (κ3) is 5.23. The van der Waals surface area contributed by atoms with Crippen LogP contribution in [0.25, 0.3) is 10.9 Å². The van der Waals surface area contributed by atoms with E-state index in [1.165, 1.54) is 0 Å². The van der Waals surface area contributed by atoms with E-state index in [2.05, 4.69) is 5.32 Å². The molecule has 1 aromatic carbocycles. The average Bonchev–Trinajstić information content (AvgIpc) is 2.91. The number of Topliss-reactive ketones (excluding diaryl/α,β-unsaturated/α-hetero) is 1. The van der Waals surface area contributed by atoms with Gasteiger partial charge in [0.25, 0.3) is 11.7 Å². The molecule has 2 amide bonds. The predicted molar refractivity (Wildman–Crippen MR) is 111 cm³/mol. The van der Waals surface area contributed by atoms with Gasteiger partial charge in [-0.3, -0.25) is 14.4 Å². The zero-order valence-electron chi connectivity index (χ0n) is 17.0. The number of para-hydroxylation sites is 1. The van der Waals surface area contributed by atoms with Crippen molar-refractivity contribution in [3.05, 3.63) is 36.0 Å². The van der Waals surface area contributed by atoms with Crippen LogP contribution in [-0.4, -0.2) is 60.4 Å². The number of rotatable bonds is 8. The van der Waals surface area contributed by atoms with Crippen LogP contribution in [0.4, 0.5) is 0 Å². The highest BCUT2D eigenvalue weighted by Crippen LogP contribution is 2.22. The van der Waals surface area contributed by atoms with Gasteiger partial charge in [-0.1, -0.05) is 31.0 Å². The summed E-state index contributed by atoms with van der Waals surface area (Å²) in [6, 6.07) is 7.39. The van der Waals surface area contributed by atoms with E-state index in [-0.39, 0.29) is 12.5 Å². The topological polar surface area (TPSA) is 80.6 Å². The van der Waals surface area contributed by atoms with Gasteiger partial charge in [-0.2, -0.15) is 0 Å². The van der Waals surface area contributed by atoms with E-state index in [1.54, 1.807) is 17.9 Å². The van der Waals surface area contributed by atoms with Gasteiger partial charge in [0.2, 0.25) is 5.91 Å². The molecule has 1 aliphatic heterocycles. The minimum absolute atomic E-state index is 0.0515. The molecular weight excluding hydrogens is 370 g/mol. The minimum Gasteiger partial charge on any atom is -0.385 e. The Morgan fingerprint density at radius 3 is 2.52 bits per heavy atom. The number of carbonyl (C=O) groups is 3. The van der Waals surface area contributed by atoms with Crippen LogP contribution in [-0.2, 0) is 20.9 Å². The monoisotopic (exact) mass is 399 g/mol. The second-order valence-corrected chi connectivity index (χ2v) is 7.41. The summed E-state index contributed by atoms with van der Waals surface area (Å²) in [6.07, 6.45) is 6.66. The Morgan fingerprint density at radius 1 is 1.07 bits per heavy atom. The Bertz CT molecular complexity index is 866. The molecule has 3 rings (SSSR count). The lowest BCUT2D eigenvalue weighted by molar-refractivity contribution is -0.131. The second-order valence-electron chi connectivity index (χ2n) is 7.41. The van der Waals surface area contributed by atoms with Gasteiger partial charge in [0, 0.05) is 50.5 Å². The number of ether oxygens (including phenoxy) is 1. The molecule has 0 aliphatic carbocycles. The van der Waals surface area contributed by atoms with Crippen LogP contribution in [0.15, 0.2) is 30.5 Å². The van der Waals surface area contributed by atoms with Gasteiger partial charge in [0.05, 0.1) is 5.56 Å². The number of nitrogens with zero attached hydrogens (tertiary/aromatic N) is 2. The first-order valence-corrected chi connectivity index (χ1v) is 10.3. The summed E-state index contributed by atoms with van der Waals surface area (Å²) < 4.78 is 6.73. The minimum atomic E-state index is -0.636. The summed E-state index contributed by atoms with van der Waals surface area (Å²) in [5.74, 6) is -1.17. The number of hydrogen-bond acceptors (Lipinski definition) is 4. The molecule has 0 bridgehead atoms. The van der Waals surface area contributed by atoms with Gasteiger partial charge in [-0.05, 0) is 25.3 Å². The van der Waals surface area contributed by atoms with Gasteiger partial charge in [0.15, 0.2) is 0 Å². The van der Waals surface area contributed by atoms with E-state index in [0.29, 0.717) is 30.5 Å². The summed E-state index contributed by atoms with van der Waals surface area (Å²) in [7, 11) is 1.59. The molecule has 0 unspecified atom stereocenters. The standard InChI is InChI=1S/C22H29N3O4/c1-29-14-8-11-23-22(28)21(27)18-15-25(19-10-5-4-9-17(18)19)16-20(26)24-12-6-2-3-7-13-24/h4-5,9-10,15H,2-3,6-8,11-14,16H2,1H3,(H,23,28). The molecule has 2 heterocycles. The van der Waals surface area contributed by atoms with Crippen LogP contribution in [0.1, 0.15) is 42.5 Å². The average molecular weight is 399 g/mol. The third-order valence-corrected chi connectivity index (χ3v) is 5.31. The summed E-state index contributed by atoms with van der Waals surface area (Å²) in [5.41, 5.74) is 1.11. The number of hydrogen-bond donors (Lipinski definition) is 1. The van der Waals surface area contributed by atoms with E-state index in [1.807, 2.05) is 29.2 Å². The van der Waals surface area contributed by atoms with Gasteiger partial charge < -0.3 is 19.5 Å². The Kier molecular flexibility index (Phi) is 7.41. The fourth-order valence-electron chi connectivity index (χ4n) is 3.75. The zero-order valence-corrected chi connectivity index (χ0v) is 17.0. The SMILES string of the molecule is COCCCNC(=O)C(=O)c1cn(CC(=O)N2CCCCCC2)c2ccccc12. The van der Waals surface area contributed by atoms with Crippen LogP contribution < -0.4 is 5.32 Å². The molecular formula is C22H29N3O4. The van der Waals surface area contributed by atoms with Crippen LogP contribution in [0.2, 0.25) is 0 Å². The first-order valence-electron chi connectivity index (χ1n) is 10.3. The smallest absolute Gasteiger partial charge is 0.292 e. The van der Waals surface area contributed by atoms with Crippen LogP contribution >= 0.6 is 0 Å². The van der Waals surface area contributed by atoms with Crippen molar-refractivity contribution in [2.75, 3.05) is 33.4 Å². The van der Waals surface area contributed by atoms with Crippen LogP contribution in [0.3, 0.4) is 0 Å². The molecule has 7 nitrogen and oxygen atoms in total. The van der Waals surface area contributed by atoms with Crippen molar-refractivity contribution >= 4 is 28.5 Å². The summed E-state index contributed by atoms with van der Waals surface area (Å²) in [4.78, 5) is 39.7. The summed E-state index contributed by atoms with van der Waals surface area (Å²) in [5, 5.41) is 3.32. The maximum atomic E-state index is 12.8. The van der Waals surface area contributed by atoms with Crippen molar-refractivity contribution in [2.45, 2.75) is 38.6 Å². The summed E-state index contributed by atoms with van der Waals surface area (Å²) in [6.45, 7) is 2.64. The largest absolute Gasteiger partial charge is 0.385 e. The van der Waals surface area contributed by atoms with E-state index in [4.69, 9.17) is 4.74 Å². The number of nitrogens with one attached hydrogen (secondary N) is 1. The fraction of sp³-hybridized carbons (Fsp3) is 0.500. The van der Waals surface area contributed by atoms with Crippen molar-refractivity contribution in [2.24, 2.45) is 0 Å². The Balaban J connectivity index is 1.76. The lowest BCUT2D eigenvalue weighted by atomic mass is 10.1. The van der Waals surface area contributed by atoms with Crippen molar-refractivity contribution in [3.8, 4) is 0 Å². The Labute approximate surface area is 171 Å². The number of aromatic nitrogens is 1. The number of carbonyl (C=O) groups excluding carboxylic acids is 3. The van der Waals surface area contributed by atoms with E-state index < -0.39 is 11.7 Å². The molecule has 2 aromatic rings. The molecule has 156 valence electrons. The van der Waals surface area contributed by atoms with Gasteiger partial charge in [-0.15, -0.1) is 0 Å². The highest BCUT2D eigenvalue weighted by Gasteiger charge is 2.23. The molecule has 0 saturated carbocycles. The molecule has 0 spiro atoms. The molecule has 1 aromatic heterocycles. The van der Waals surface area contributed by atoms with E-state index >= 15 is 0 Å². The number of methoxy groups -OCH3 is 1. The number of amides is 2. The molecule has 7 heteroatoms. The Morgan fingerprint density at radius 2 is 1.79 bits per heavy atom. The molecule has 1 fully saturated rings. The lowest BCUT2D eigenvalue weighted by Gasteiger charge is -2.20. The highest BCUT2D eigenvalue weighted by molar-refractivity contribution is 6.45. The van der Waals surface area contributed by atoms with Crippen molar-refractivity contribution in [1.82, 2.24) is 14.8 Å². The first-order chi connectivity index (χ1) is 14.1. The Hall–Kier alpha value is -2.67. The van der Waals surface area contributed by atoms with Gasteiger partial charge >= 0.3 is 0 Å². The van der Waals surface area contributed by atoms with E-state index in [0.717, 1.165) is 44.3 Å². The maximum absolute atomic E-state index is 12.8. The summed E-state index contributed by atoms with van der Waals surface area (Å²) >= 11 is 0. The van der Waals surface area contributed by atoms with Gasteiger partial charge in [-0.25, -0.2) is 0 Å². The maximum Gasteiger partial charge on any atom is 0.292 e. The van der Waals surface area contributed by atoms with Crippen molar-refractivity contribution in [1.29, 1.82) is 0 Å². The van der Waals surface area contributed by atoms with Crippen molar-refractivity contribution in [3.63, 3.8) is 0 Å². The van der Waals surface area contributed by atoms with Crippen LogP contribution in [0.5, 0.6) is 0 Å². The molecule has 1 N–H and O–H groups in total. The molecule has 1 saturated heterocycles. The zero-order chi connectivity index (χ0) is 20.6. The van der Waals surface area contributed by atoms with Crippen LogP contribution in [0, 0.1) is 0 Å². The second kappa shape index (κ2) is 10.2. The third-order valence-electron chi connectivity index (χ3n) is 5.31. The van der Waals surface area contributed by atoms with E-state index in [9.17, 15) is 14.4 Å². The highest BCUT2D eigenvalue weighted by atomic mass is 16.5. The lowest BCUT2D eigenvalue weighted by Crippen LogP contribution is -2.34. The molecule has 1 aliphatic rings. The number of fused-ring (bicyclic) bond motifs is 1. The number of benzene rings is 1. The first kappa shape index (κ1) is 21.0. The predicted octanol–water partition coefficient (Wildman–Crippen LogP) is 2.38.